The first-order chi connectivity index (χ1) is 15.3. The Balaban J connectivity index is 1.72. The van der Waals surface area contributed by atoms with Crippen molar-refractivity contribution in [3.63, 3.8) is 0 Å². The molecule has 166 valence electrons. The number of para-hydroxylation sites is 1. The summed E-state index contributed by atoms with van der Waals surface area (Å²) in [7, 11) is 0. The van der Waals surface area contributed by atoms with Gasteiger partial charge in [0.1, 0.15) is 12.6 Å². The standard InChI is InChI=1S/C24H27N5O3/c1-15(2)22(27-23(31)17-10-8-16(3)9-11-17)24(32)28-26-12-18-13-29(14-21(25)30)20-7-5-4-6-19(18)20/h4-13,15,22H,14H2,1-3H3,(H2,25,30)(H,27,31)(H,28,32)/b26-12-. The van der Waals surface area contributed by atoms with E-state index in [0.717, 1.165) is 22.0 Å². The number of carbonyl (C=O) groups is 3. The minimum absolute atomic E-state index is 0.0428. The molecule has 1 heterocycles. The molecule has 0 aliphatic heterocycles. The monoisotopic (exact) mass is 433 g/mol. The van der Waals surface area contributed by atoms with Crippen LogP contribution in [0.15, 0.2) is 59.8 Å². The highest BCUT2D eigenvalue weighted by molar-refractivity contribution is 6.01. The third-order valence-electron chi connectivity index (χ3n) is 5.07. The number of nitrogens with two attached hydrogens (primary N) is 1. The number of fused-ring (bicyclic) bond motifs is 1. The summed E-state index contributed by atoms with van der Waals surface area (Å²) in [6.45, 7) is 5.68. The molecule has 4 N–H and O–H groups in total. The fourth-order valence-corrected chi connectivity index (χ4v) is 3.38. The van der Waals surface area contributed by atoms with Gasteiger partial charge in [0.2, 0.25) is 5.91 Å². The molecule has 3 rings (SSSR count). The molecular weight excluding hydrogens is 406 g/mol. The molecule has 3 amide bonds. The Bertz CT molecular complexity index is 1160. The molecule has 0 radical (unpaired) electrons. The van der Waals surface area contributed by atoms with Gasteiger partial charge >= 0.3 is 0 Å². The molecule has 0 spiro atoms. The molecule has 8 nitrogen and oxygen atoms in total. The van der Waals surface area contributed by atoms with Gasteiger partial charge in [-0.05, 0) is 31.0 Å². The van der Waals surface area contributed by atoms with E-state index in [9.17, 15) is 14.4 Å². The number of carbonyl (C=O) groups excluding carboxylic acids is 3. The molecule has 0 fully saturated rings. The topological polar surface area (TPSA) is 119 Å². The van der Waals surface area contributed by atoms with Gasteiger partial charge in [-0.2, -0.15) is 5.10 Å². The van der Waals surface area contributed by atoms with Crippen LogP contribution >= 0.6 is 0 Å². The second-order valence-electron chi connectivity index (χ2n) is 7.99. The Morgan fingerprint density at radius 2 is 1.78 bits per heavy atom. The number of nitrogens with one attached hydrogen (secondary N) is 2. The fraction of sp³-hybridized carbons (Fsp3) is 0.250. The van der Waals surface area contributed by atoms with Crippen LogP contribution in [0.25, 0.3) is 10.9 Å². The average Bonchev–Trinajstić information content (AvgIpc) is 3.09. The lowest BCUT2D eigenvalue weighted by Crippen LogP contribution is -2.48. The molecule has 3 aromatic rings. The molecular formula is C24H27N5O3. The fourth-order valence-electron chi connectivity index (χ4n) is 3.38. The van der Waals surface area contributed by atoms with Gasteiger partial charge in [0.15, 0.2) is 0 Å². The maximum atomic E-state index is 12.7. The number of aromatic nitrogens is 1. The van der Waals surface area contributed by atoms with E-state index in [4.69, 9.17) is 5.73 Å². The van der Waals surface area contributed by atoms with Crippen molar-refractivity contribution >= 4 is 34.8 Å². The largest absolute Gasteiger partial charge is 0.368 e. The van der Waals surface area contributed by atoms with Crippen molar-refractivity contribution < 1.29 is 14.4 Å². The molecule has 0 saturated carbocycles. The van der Waals surface area contributed by atoms with Gasteiger partial charge in [0.05, 0.1) is 6.21 Å². The second-order valence-corrected chi connectivity index (χ2v) is 7.99. The van der Waals surface area contributed by atoms with Gasteiger partial charge in [-0.25, -0.2) is 5.43 Å². The van der Waals surface area contributed by atoms with Crippen LogP contribution in [-0.4, -0.2) is 34.5 Å². The molecule has 1 aromatic heterocycles. The predicted molar refractivity (Wildman–Crippen MR) is 124 cm³/mol. The zero-order valence-electron chi connectivity index (χ0n) is 18.3. The van der Waals surface area contributed by atoms with Crippen LogP contribution in [0.5, 0.6) is 0 Å². The number of hydrogen-bond acceptors (Lipinski definition) is 4. The molecule has 0 aliphatic carbocycles. The zero-order valence-corrected chi connectivity index (χ0v) is 18.3. The highest BCUT2D eigenvalue weighted by Crippen LogP contribution is 2.19. The summed E-state index contributed by atoms with van der Waals surface area (Å²) < 4.78 is 1.74. The van der Waals surface area contributed by atoms with E-state index in [1.54, 1.807) is 22.9 Å². The Morgan fingerprint density at radius 1 is 1.09 bits per heavy atom. The van der Waals surface area contributed by atoms with Gasteiger partial charge < -0.3 is 15.6 Å². The lowest BCUT2D eigenvalue weighted by atomic mass is 10.0. The minimum Gasteiger partial charge on any atom is -0.368 e. The van der Waals surface area contributed by atoms with Crippen molar-refractivity contribution in [2.45, 2.75) is 33.4 Å². The van der Waals surface area contributed by atoms with E-state index in [2.05, 4.69) is 15.8 Å². The van der Waals surface area contributed by atoms with Crippen molar-refractivity contribution in [1.29, 1.82) is 0 Å². The first-order valence-electron chi connectivity index (χ1n) is 10.3. The number of amides is 3. The maximum Gasteiger partial charge on any atom is 0.262 e. The summed E-state index contributed by atoms with van der Waals surface area (Å²) in [5.74, 6) is -1.33. The first kappa shape index (κ1) is 22.7. The van der Waals surface area contributed by atoms with E-state index in [1.807, 2.05) is 57.2 Å². The summed E-state index contributed by atoms with van der Waals surface area (Å²) in [6, 6.07) is 13.9. The van der Waals surface area contributed by atoms with E-state index >= 15 is 0 Å². The number of aryl methyl sites for hydroxylation is 1. The number of nitrogens with zero attached hydrogens (tertiary/aromatic N) is 2. The van der Waals surface area contributed by atoms with Crippen LogP contribution in [0.4, 0.5) is 0 Å². The quantitative estimate of drug-likeness (QED) is 0.374. The molecule has 1 unspecified atom stereocenters. The second kappa shape index (κ2) is 9.91. The zero-order chi connectivity index (χ0) is 23.3. The van der Waals surface area contributed by atoms with Crippen LogP contribution in [0, 0.1) is 12.8 Å². The smallest absolute Gasteiger partial charge is 0.262 e. The maximum absolute atomic E-state index is 12.7. The number of benzene rings is 2. The molecule has 32 heavy (non-hydrogen) atoms. The lowest BCUT2D eigenvalue weighted by Gasteiger charge is -2.20. The molecule has 0 aliphatic rings. The average molecular weight is 434 g/mol. The van der Waals surface area contributed by atoms with Gasteiger partial charge in [0.25, 0.3) is 11.8 Å². The summed E-state index contributed by atoms with van der Waals surface area (Å²) in [6.07, 6.45) is 3.26. The van der Waals surface area contributed by atoms with Crippen molar-refractivity contribution in [2.24, 2.45) is 16.8 Å². The Morgan fingerprint density at radius 3 is 2.44 bits per heavy atom. The van der Waals surface area contributed by atoms with Gasteiger partial charge in [0, 0.05) is 28.2 Å². The Kier molecular flexibility index (Phi) is 7.04. The Hall–Kier alpha value is -3.94. The van der Waals surface area contributed by atoms with Crippen molar-refractivity contribution in [2.75, 3.05) is 0 Å². The van der Waals surface area contributed by atoms with Crippen LogP contribution < -0.4 is 16.5 Å². The van der Waals surface area contributed by atoms with Gasteiger partial charge in [-0.15, -0.1) is 0 Å². The summed E-state index contributed by atoms with van der Waals surface area (Å²) in [4.78, 5) is 36.6. The van der Waals surface area contributed by atoms with Crippen LogP contribution in [-0.2, 0) is 16.1 Å². The van der Waals surface area contributed by atoms with Gasteiger partial charge in [-0.3, -0.25) is 14.4 Å². The number of rotatable bonds is 8. The van der Waals surface area contributed by atoms with Crippen molar-refractivity contribution in [3.8, 4) is 0 Å². The summed E-state index contributed by atoms with van der Waals surface area (Å²) in [5, 5.41) is 7.72. The molecule has 1 atom stereocenters. The highest BCUT2D eigenvalue weighted by atomic mass is 16.2. The number of hydrazone groups is 1. The van der Waals surface area contributed by atoms with E-state index in [-0.39, 0.29) is 18.4 Å². The lowest BCUT2D eigenvalue weighted by molar-refractivity contribution is -0.124. The van der Waals surface area contributed by atoms with Crippen LogP contribution in [0.1, 0.15) is 35.3 Å². The molecule has 0 saturated heterocycles. The predicted octanol–water partition coefficient (Wildman–Crippen LogP) is 2.34. The number of hydrogen-bond donors (Lipinski definition) is 3. The third kappa shape index (κ3) is 5.40. The molecule has 2 aromatic carbocycles. The number of primary amides is 1. The SMILES string of the molecule is Cc1ccc(C(=O)NC(C(=O)N/N=C\c2cn(CC(N)=O)c3ccccc23)C(C)C)cc1. The minimum atomic E-state index is -0.753. The highest BCUT2D eigenvalue weighted by Gasteiger charge is 2.24. The van der Waals surface area contributed by atoms with E-state index in [1.165, 1.54) is 6.21 Å². The normalized spacial score (nSPS) is 12.2. The van der Waals surface area contributed by atoms with E-state index < -0.39 is 17.9 Å². The van der Waals surface area contributed by atoms with Crippen LogP contribution in [0.2, 0.25) is 0 Å². The first-order valence-corrected chi connectivity index (χ1v) is 10.3. The summed E-state index contributed by atoms with van der Waals surface area (Å²) in [5.41, 5.74) is 10.9. The van der Waals surface area contributed by atoms with Gasteiger partial charge in [-0.1, -0.05) is 49.7 Å². The molecule has 0 bridgehead atoms. The van der Waals surface area contributed by atoms with Crippen LogP contribution in [0.3, 0.4) is 0 Å². The van der Waals surface area contributed by atoms with E-state index in [0.29, 0.717) is 5.56 Å². The third-order valence-corrected chi connectivity index (χ3v) is 5.07. The van der Waals surface area contributed by atoms with Crippen molar-refractivity contribution in [1.82, 2.24) is 15.3 Å². The Labute approximate surface area is 186 Å². The molecule has 8 heteroatoms. The van der Waals surface area contributed by atoms with Crippen molar-refractivity contribution in [3.05, 3.63) is 71.4 Å². The summed E-state index contributed by atoms with van der Waals surface area (Å²) >= 11 is 0.